The van der Waals surface area contributed by atoms with Crippen molar-refractivity contribution in [2.24, 2.45) is 5.92 Å². The molecule has 9 nitrogen and oxygen atoms in total. The van der Waals surface area contributed by atoms with E-state index < -0.39 is 28.5 Å². The van der Waals surface area contributed by atoms with E-state index in [0.29, 0.717) is 35.8 Å². The minimum Gasteiger partial charge on any atom is -0.452 e. The van der Waals surface area contributed by atoms with Gasteiger partial charge in [0.15, 0.2) is 6.61 Å². The normalized spacial score (nSPS) is 18.2. The quantitative estimate of drug-likeness (QED) is 0.494. The minimum absolute atomic E-state index is 0.0770. The Morgan fingerprint density at radius 2 is 1.92 bits per heavy atom. The number of rotatable bonds is 6. The number of carbonyl (C=O) groups is 2. The molecule has 1 fully saturated rings. The fourth-order valence-electron chi connectivity index (χ4n) is 4.87. The molecule has 1 aliphatic heterocycles. The molecular formula is C27H29N3O6S. The molecule has 0 unspecified atom stereocenters. The average Bonchev–Trinajstić information content (AvgIpc) is 2.91. The number of aromatic nitrogens is 1. The van der Waals surface area contributed by atoms with Crippen molar-refractivity contribution >= 4 is 38.5 Å². The second-order valence-corrected chi connectivity index (χ2v) is 11.4. The number of hydrogen-bond donors (Lipinski definition) is 1. The topological polar surface area (TPSA) is 115 Å². The number of nitrogens with zero attached hydrogens (tertiary/aromatic N) is 2. The lowest BCUT2D eigenvalue weighted by Crippen LogP contribution is -2.40. The molecule has 0 radical (unpaired) electrons. The van der Waals surface area contributed by atoms with Crippen molar-refractivity contribution in [1.82, 2.24) is 9.29 Å². The third-order valence-corrected chi connectivity index (χ3v) is 8.66. The molecule has 1 atom stereocenters. The van der Waals surface area contributed by atoms with Crippen LogP contribution in [0.5, 0.6) is 0 Å². The average molecular weight is 524 g/mol. The van der Waals surface area contributed by atoms with E-state index in [1.165, 1.54) is 16.4 Å². The van der Waals surface area contributed by atoms with Gasteiger partial charge in [0.25, 0.3) is 5.91 Å². The number of aryl methyl sites for hydroxylation is 1. The Labute approximate surface area is 215 Å². The summed E-state index contributed by atoms with van der Waals surface area (Å²) in [5.74, 6) is -0.705. The molecule has 37 heavy (non-hydrogen) atoms. The maximum absolute atomic E-state index is 13.2. The first-order valence-electron chi connectivity index (χ1n) is 12.4. The van der Waals surface area contributed by atoms with Crippen LogP contribution in [-0.4, -0.2) is 62.5 Å². The highest BCUT2D eigenvalue weighted by Gasteiger charge is 2.28. The van der Waals surface area contributed by atoms with Gasteiger partial charge in [0.05, 0.1) is 29.2 Å². The Kier molecular flexibility index (Phi) is 7.23. The first-order chi connectivity index (χ1) is 17.8. The number of anilines is 1. The number of ether oxygens (including phenoxy) is 2. The Bertz CT molecular complexity index is 1450. The van der Waals surface area contributed by atoms with Crippen molar-refractivity contribution in [2.45, 2.75) is 31.1 Å². The summed E-state index contributed by atoms with van der Waals surface area (Å²) < 4.78 is 37.9. The smallest absolute Gasteiger partial charge is 0.339 e. The third kappa shape index (κ3) is 5.36. The van der Waals surface area contributed by atoms with Crippen LogP contribution in [0.25, 0.3) is 10.9 Å². The second-order valence-electron chi connectivity index (χ2n) is 9.45. The number of hydrogen-bond acceptors (Lipinski definition) is 7. The molecule has 1 saturated heterocycles. The number of esters is 1. The molecule has 194 valence electrons. The lowest BCUT2D eigenvalue weighted by Gasteiger charge is -2.26. The van der Waals surface area contributed by atoms with E-state index in [1.54, 1.807) is 12.1 Å². The van der Waals surface area contributed by atoms with E-state index in [0.717, 1.165) is 36.0 Å². The molecule has 2 aliphatic rings. The summed E-state index contributed by atoms with van der Waals surface area (Å²) in [4.78, 5) is 30.7. The van der Waals surface area contributed by atoms with E-state index in [9.17, 15) is 18.0 Å². The Balaban J connectivity index is 1.30. The van der Waals surface area contributed by atoms with E-state index in [4.69, 9.17) is 14.5 Å². The molecule has 3 aromatic rings. The van der Waals surface area contributed by atoms with Crippen molar-refractivity contribution < 1.29 is 27.5 Å². The second kappa shape index (κ2) is 10.6. The zero-order chi connectivity index (χ0) is 26.0. The molecule has 1 aliphatic carbocycles. The highest BCUT2D eigenvalue weighted by Crippen LogP contribution is 2.32. The maximum Gasteiger partial charge on any atom is 0.339 e. The van der Waals surface area contributed by atoms with Gasteiger partial charge in [-0.15, -0.1) is 0 Å². The first kappa shape index (κ1) is 25.3. The maximum atomic E-state index is 13.2. The summed E-state index contributed by atoms with van der Waals surface area (Å²) in [6.45, 7) is 2.89. The molecule has 2 aromatic carbocycles. The molecule has 0 spiro atoms. The number of pyridine rings is 1. The lowest BCUT2D eigenvalue weighted by molar-refractivity contribution is -0.119. The van der Waals surface area contributed by atoms with Crippen LogP contribution in [0, 0.1) is 5.92 Å². The van der Waals surface area contributed by atoms with Crippen molar-refractivity contribution in [2.75, 3.05) is 38.2 Å². The Morgan fingerprint density at radius 1 is 1.14 bits per heavy atom. The van der Waals surface area contributed by atoms with Crippen LogP contribution in [0.15, 0.2) is 53.4 Å². The molecule has 1 N–H and O–H groups in total. The Morgan fingerprint density at radius 3 is 2.73 bits per heavy atom. The number of carbonyl (C=O) groups excluding carboxylic acids is 2. The number of fused-ring (bicyclic) bond motifs is 2. The van der Waals surface area contributed by atoms with E-state index >= 15 is 0 Å². The largest absolute Gasteiger partial charge is 0.452 e. The highest BCUT2D eigenvalue weighted by atomic mass is 32.2. The summed E-state index contributed by atoms with van der Waals surface area (Å²) >= 11 is 0. The Hall–Kier alpha value is -3.34. The van der Waals surface area contributed by atoms with E-state index in [2.05, 4.69) is 12.2 Å². The zero-order valence-electron chi connectivity index (χ0n) is 20.6. The van der Waals surface area contributed by atoms with Crippen LogP contribution < -0.4 is 5.32 Å². The molecule has 2 heterocycles. The molecule has 1 aromatic heterocycles. The predicted molar refractivity (Wildman–Crippen MR) is 138 cm³/mol. The van der Waals surface area contributed by atoms with Gasteiger partial charge in [0, 0.05) is 29.9 Å². The molecule has 0 saturated carbocycles. The third-order valence-electron chi connectivity index (χ3n) is 6.77. The zero-order valence-corrected chi connectivity index (χ0v) is 21.4. The van der Waals surface area contributed by atoms with Gasteiger partial charge >= 0.3 is 5.97 Å². The summed E-state index contributed by atoms with van der Waals surface area (Å²) in [5.41, 5.74) is 3.30. The van der Waals surface area contributed by atoms with Gasteiger partial charge in [-0.25, -0.2) is 13.2 Å². The van der Waals surface area contributed by atoms with Crippen molar-refractivity contribution in [3.8, 4) is 0 Å². The van der Waals surface area contributed by atoms with Gasteiger partial charge in [0.2, 0.25) is 10.0 Å². The fourth-order valence-corrected chi connectivity index (χ4v) is 6.32. The molecule has 0 bridgehead atoms. The van der Waals surface area contributed by atoms with E-state index in [1.807, 2.05) is 24.3 Å². The van der Waals surface area contributed by atoms with Gasteiger partial charge in [-0.05, 0) is 55.0 Å². The lowest BCUT2D eigenvalue weighted by atomic mass is 9.84. The van der Waals surface area contributed by atoms with Crippen molar-refractivity contribution in [3.63, 3.8) is 0 Å². The van der Waals surface area contributed by atoms with Crippen LogP contribution in [0.1, 0.15) is 35.0 Å². The molecule has 1 amide bonds. The SMILES string of the molecule is C[C@H]1CCc2nc3ccccc3c(C(=O)OCC(=O)Nc3cccc(S(=O)(=O)N4CCOCC4)c3)c2C1. The van der Waals surface area contributed by atoms with Crippen LogP contribution in [0.2, 0.25) is 0 Å². The van der Waals surface area contributed by atoms with Gasteiger partial charge in [-0.1, -0.05) is 31.2 Å². The molecular weight excluding hydrogens is 494 g/mol. The van der Waals surface area contributed by atoms with Crippen molar-refractivity contribution in [3.05, 3.63) is 65.4 Å². The number of nitrogens with one attached hydrogen (secondary N) is 1. The monoisotopic (exact) mass is 523 g/mol. The standard InChI is InChI=1S/C27H29N3O6S/c1-18-9-10-24-22(15-18)26(21-7-2-3-8-23(21)29-24)27(32)36-17-25(31)28-19-5-4-6-20(16-19)37(33,34)30-11-13-35-14-12-30/h2-8,16,18H,9-15,17H2,1H3,(H,28,31)/t18-/m0/s1. The number of amides is 1. The predicted octanol–water partition coefficient (Wildman–Crippen LogP) is 3.18. The number of morpholine rings is 1. The van der Waals surface area contributed by atoms with Crippen LogP contribution in [0.3, 0.4) is 0 Å². The first-order valence-corrected chi connectivity index (χ1v) is 13.8. The fraction of sp³-hybridized carbons (Fsp3) is 0.370. The van der Waals surface area contributed by atoms with Crippen LogP contribution in [0.4, 0.5) is 5.69 Å². The summed E-state index contributed by atoms with van der Waals surface area (Å²) in [6.07, 6.45) is 2.54. The van der Waals surface area contributed by atoms with Gasteiger partial charge in [-0.3, -0.25) is 9.78 Å². The van der Waals surface area contributed by atoms with Gasteiger partial charge < -0.3 is 14.8 Å². The van der Waals surface area contributed by atoms with Gasteiger partial charge in [-0.2, -0.15) is 4.31 Å². The minimum atomic E-state index is -3.71. The van der Waals surface area contributed by atoms with Crippen molar-refractivity contribution in [1.29, 1.82) is 0 Å². The highest BCUT2D eigenvalue weighted by molar-refractivity contribution is 7.89. The molecule has 10 heteroatoms. The number of benzene rings is 2. The van der Waals surface area contributed by atoms with E-state index in [-0.39, 0.29) is 18.0 Å². The number of para-hydroxylation sites is 1. The van der Waals surface area contributed by atoms with Crippen LogP contribution in [-0.2, 0) is 37.1 Å². The molecule has 5 rings (SSSR count). The van der Waals surface area contributed by atoms with Crippen LogP contribution >= 0.6 is 0 Å². The summed E-state index contributed by atoms with van der Waals surface area (Å²) in [6, 6.07) is 13.5. The summed E-state index contributed by atoms with van der Waals surface area (Å²) in [5, 5.41) is 3.34. The number of sulfonamides is 1. The van der Waals surface area contributed by atoms with Gasteiger partial charge in [0.1, 0.15) is 0 Å². The summed E-state index contributed by atoms with van der Waals surface area (Å²) in [7, 11) is -3.71.